The molecule has 1 rings (SSSR count). The molecule has 2 atom stereocenters. The highest BCUT2D eigenvalue weighted by atomic mass is 32.2. The van der Waals surface area contributed by atoms with Crippen molar-refractivity contribution in [1.29, 1.82) is 0 Å². The smallest absolute Gasteiger partial charge is 0.180 e. The molecular weight excluding hydrogens is 304 g/mol. The van der Waals surface area contributed by atoms with Gasteiger partial charge >= 0.3 is 0 Å². The first-order valence-corrected chi connectivity index (χ1v) is 9.35. The SMILES string of the molecule is CC(O)S(=O)(=O)Cc1ccccc1CS(=O)(=O)C(C)O. The van der Waals surface area contributed by atoms with Crippen molar-refractivity contribution in [2.24, 2.45) is 0 Å². The summed E-state index contributed by atoms with van der Waals surface area (Å²) in [7, 11) is -7.50. The second kappa shape index (κ2) is 6.21. The lowest BCUT2D eigenvalue weighted by atomic mass is 10.1. The molecule has 6 nitrogen and oxygen atoms in total. The molecule has 2 unspecified atom stereocenters. The molecule has 1 aromatic rings. The number of aliphatic hydroxyl groups is 2. The molecule has 0 aliphatic heterocycles. The van der Waals surface area contributed by atoms with E-state index in [0.29, 0.717) is 11.1 Å². The van der Waals surface area contributed by atoms with Gasteiger partial charge in [0.05, 0.1) is 11.5 Å². The van der Waals surface area contributed by atoms with E-state index in [1.54, 1.807) is 12.1 Å². The largest absolute Gasteiger partial charge is 0.377 e. The fraction of sp³-hybridized carbons (Fsp3) is 0.500. The fourth-order valence-electron chi connectivity index (χ4n) is 1.51. The van der Waals surface area contributed by atoms with E-state index in [0.717, 1.165) is 13.8 Å². The fourth-order valence-corrected chi connectivity index (χ4v) is 3.43. The maximum absolute atomic E-state index is 11.7. The van der Waals surface area contributed by atoms with Gasteiger partial charge in [-0.1, -0.05) is 24.3 Å². The van der Waals surface area contributed by atoms with Crippen molar-refractivity contribution in [2.75, 3.05) is 0 Å². The predicted octanol–water partition coefficient (Wildman–Crippen LogP) is 0.193. The van der Waals surface area contributed by atoms with Crippen LogP contribution in [-0.2, 0) is 31.2 Å². The van der Waals surface area contributed by atoms with Crippen LogP contribution in [0.4, 0.5) is 0 Å². The molecule has 0 amide bonds. The summed E-state index contributed by atoms with van der Waals surface area (Å²) in [4.78, 5) is 0. The van der Waals surface area contributed by atoms with E-state index in [9.17, 15) is 27.0 Å². The third-order valence-electron chi connectivity index (χ3n) is 2.87. The molecule has 0 fully saturated rings. The first kappa shape index (κ1) is 17.1. The molecule has 1 aromatic carbocycles. The van der Waals surface area contributed by atoms with Crippen LogP contribution in [0.2, 0.25) is 0 Å². The quantitative estimate of drug-likeness (QED) is 0.774. The summed E-state index contributed by atoms with van der Waals surface area (Å²) < 4.78 is 46.8. The van der Waals surface area contributed by atoms with Gasteiger partial charge in [-0.25, -0.2) is 16.8 Å². The van der Waals surface area contributed by atoms with Crippen LogP contribution in [0.5, 0.6) is 0 Å². The van der Waals surface area contributed by atoms with Gasteiger partial charge in [0.15, 0.2) is 30.5 Å². The maximum atomic E-state index is 11.7. The summed E-state index contributed by atoms with van der Waals surface area (Å²) in [5.41, 5.74) is -2.44. The standard InChI is InChI=1S/C12H18O6S2/c1-9(13)19(15,16)7-11-5-3-4-6-12(11)8-20(17,18)10(2)14/h3-6,9-10,13-14H,7-8H2,1-2H3. The Balaban J connectivity index is 3.13. The van der Waals surface area contributed by atoms with Crippen LogP contribution in [0.15, 0.2) is 24.3 Å². The van der Waals surface area contributed by atoms with E-state index in [-0.39, 0.29) is 0 Å². The van der Waals surface area contributed by atoms with Gasteiger partial charge in [-0.15, -0.1) is 0 Å². The second-order valence-electron chi connectivity index (χ2n) is 4.58. The lowest BCUT2D eigenvalue weighted by molar-refractivity contribution is 0.268. The Morgan fingerprint density at radius 2 is 1.15 bits per heavy atom. The Morgan fingerprint density at radius 1 is 0.850 bits per heavy atom. The van der Waals surface area contributed by atoms with E-state index in [2.05, 4.69) is 0 Å². The number of hydrogen-bond donors (Lipinski definition) is 2. The van der Waals surface area contributed by atoms with E-state index in [1.165, 1.54) is 12.1 Å². The van der Waals surface area contributed by atoms with E-state index < -0.39 is 42.1 Å². The van der Waals surface area contributed by atoms with Gasteiger partial charge in [-0.2, -0.15) is 0 Å². The zero-order valence-electron chi connectivity index (χ0n) is 11.2. The molecule has 0 aromatic heterocycles. The number of hydrogen-bond acceptors (Lipinski definition) is 6. The molecule has 114 valence electrons. The van der Waals surface area contributed by atoms with Crippen LogP contribution in [0, 0.1) is 0 Å². The second-order valence-corrected chi connectivity index (χ2v) is 9.17. The zero-order valence-corrected chi connectivity index (χ0v) is 12.9. The van der Waals surface area contributed by atoms with Crippen molar-refractivity contribution >= 4 is 19.7 Å². The Labute approximate surface area is 118 Å². The zero-order chi connectivity index (χ0) is 15.6. The molecule has 8 heteroatoms. The van der Waals surface area contributed by atoms with Gasteiger partial charge in [0.2, 0.25) is 0 Å². The van der Waals surface area contributed by atoms with Crippen LogP contribution in [0.1, 0.15) is 25.0 Å². The first-order chi connectivity index (χ1) is 9.06. The molecule has 0 bridgehead atoms. The summed E-state index contributed by atoms with van der Waals surface area (Å²) in [6.07, 6.45) is 0. The van der Waals surface area contributed by atoms with Crippen molar-refractivity contribution in [2.45, 2.75) is 36.2 Å². The van der Waals surface area contributed by atoms with E-state index in [1.807, 2.05) is 0 Å². The van der Waals surface area contributed by atoms with Gasteiger partial charge in [-0.3, -0.25) is 0 Å². The van der Waals surface area contributed by atoms with E-state index in [4.69, 9.17) is 0 Å². The van der Waals surface area contributed by atoms with Gasteiger partial charge in [0.25, 0.3) is 0 Å². The Hall–Kier alpha value is -0.960. The summed E-state index contributed by atoms with van der Waals surface area (Å²) >= 11 is 0. The van der Waals surface area contributed by atoms with Crippen molar-refractivity contribution in [3.8, 4) is 0 Å². The van der Waals surface area contributed by atoms with E-state index >= 15 is 0 Å². The number of sulfone groups is 2. The van der Waals surface area contributed by atoms with Crippen LogP contribution in [0.25, 0.3) is 0 Å². The Kier molecular flexibility index (Phi) is 5.31. The molecule has 0 aliphatic carbocycles. The van der Waals surface area contributed by atoms with Crippen molar-refractivity contribution in [3.63, 3.8) is 0 Å². The van der Waals surface area contributed by atoms with Gasteiger partial charge in [0.1, 0.15) is 0 Å². The molecule has 0 saturated carbocycles. The number of aliphatic hydroxyl groups excluding tert-OH is 2. The third-order valence-corrected chi connectivity index (χ3v) is 6.38. The summed E-state index contributed by atoms with van der Waals surface area (Å²) in [6, 6.07) is 6.16. The maximum Gasteiger partial charge on any atom is 0.180 e. The minimum absolute atomic E-state index is 0.303. The normalized spacial score (nSPS) is 15.8. The van der Waals surface area contributed by atoms with Crippen LogP contribution >= 0.6 is 0 Å². The lowest BCUT2D eigenvalue weighted by Gasteiger charge is -2.13. The first-order valence-electron chi connectivity index (χ1n) is 5.92. The average Bonchev–Trinajstić information content (AvgIpc) is 2.30. The predicted molar refractivity (Wildman–Crippen MR) is 75.1 cm³/mol. The topological polar surface area (TPSA) is 109 Å². The minimum atomic E-state index is -3.75. The highest BCUT2D eigenvalue weighted by molar-refractivity contribution is 7.91. The number of benzene rings is 1. The van der Waals surface area contributed by atoms with Gasteiger partial charge in [-0.05, 0) is 25.0 Å². The molecule has 20 heavy (non-hydrogen) atoms. The van der Waals surface area contributed by atoms with Crippen molar-refractivity contribution in [3.05, 3.63) is 35.4 Å². The van der Waals surface area contributed by atoms with Gasteiger partial charge in [0, 0.05) is 0 Å². The Bertz CT molecular complexity index is 600. The number of rotatable bonds is 6. The minimum Gasteiger partial charge on any atom is -0.377 e. The van der Waals surface area contributed by atoms with Crippen LogP contribution in [0.3, 0.4) is 0 Å². The molecule has 0 radical (unpaired) electrons. The molecular formula is C12H18O6S2. The lowest BCUT2D eigenvalue weighted by Crippen LogP contribution is -2.22. The highest BCUT2D eigenvalue weighted by Crippen LogP contribution is 2.18. The van der Waals surface area contributed by atoms with Crippen molar-refractivity contribution in [1.82, 2.24) is 0 Å². The Morgan fingerprint density at radius 3 is 1.40 bits per heavy atom. The highest BCUT2D eigenvalue weighted by Gasteiger charge is 2.23. The molecule has 0 spiro atoms. The van der Waals surface area contributed by atoms with Crippen LogP contribution < -0.4 is 0 Å². The molecule has 0 saturated heterocycles. The summed E-state index contributed by atoms with van der Waals surface area (Å²) in [5, 5.41) is 18.4. The third kappa shape index (κ3) is 4.27. The monoisotopic (exact) mass is 322 g/mol. The average molecular weight is 322 g/mol. The van der Waals surface area contributed by atoms with Crippen molar-refractivity contribution < 1.29 is 27.0 Å². The molecule has 2 N–H and O–H groups in total. The molecule has 0 aliphatic rings. The van der Waals surface area contributed by atoms with Crippen LogP contribution in [-0.4, -0.2) is 37.9 Å². The summed E-state index contributed by atoms with van der Waals surface area (Å²) in [6.45, 7) is 2.29. The molecule has 0 heterocycles. The van der Waals surface area contributed by atoms with Gasteiger partial charge < -0.3 is 10.2 Å². The summed E-state index contributed by atoms with van der Waals surface area (Å²) in [5.74, 6) is -0.896.